The van der Waals surface area contributed by atoms with Gasteiger partial charge in [0.1, 0.15) is 0 Å². The first-order chi connectivity index (χ1) is 9.58. The van der Waals surface area contributed by atoms with Crippen molar-refractivity contribution < 1.29 is 9.59 Å². The van der Waals surface area contributed by atoms with Gasteiger partial charge in [-0.1, -0.05) is 12.1 Å². The highest BCUT2D eigenvalue weighted by molar-refractivity contribution is 5.40. The second kappa shape index (κ2) is 10.6. The van der Waals surface area contributed by atoms with Gasteiger partial charge in [0.2, 0.25) is 12.2 Å². The number of hydrogen-bond donors (Lipinski definition) is 4. The van der Waals surface area contributed by atoms with Crippen molar-refractivity contribution in [2.45, 2.75) is 37.6 Å². The molecule has 0 amide bonds. The van der Waals surface area contributed by atoms with E-state index in [1.807, 2.05) is 12.1 Å². The van der Waals surface area contributed by atoms with Crippen LogP contribution < -0.4 is 11.5 Å². The molecule has 0 unspecified atom stereocenters. The van der Waals surface area contributed by atoms with E-state index < -0.39 is 0 Å². The molecule has 6 nitrogen and oxygen atoms in total. The summed E-state index contributed by atoms with van der Waals surface area (Å²) in [4.78, 5) is 16.7. The Morgan fingerprint density at radius 1 is 0.950 bits per heavy atom. The van der Waals surface area contributed by atoms with Gasteiger partial charge >= 0.3 is 0 Å². The van der Waals surface area contributed by atoms with Crippen LogP contribution in [-0.2, 0) is 9.59 Å². The third-order valence-electron chi connectivity index (χ3n) is 3.18. The van der Waals surface area contributed by atoms with Gasteiger partial charge in [0, 0.05) is 11.7 Å². The van der Waals surface area contributed by atoms with E-state index in [1.54, 1.807) is 0 Å². The highest BCUT2D eigenvalue weighted by atomic mass is 16.1. The first-order valence-electron chi connectivity index (χ1n) is 6.27. The average molecular weight is 276 g/mol. The van der Waals surface area contributed by atoms with E-state index in [0.29, 0.717) is 12.0 Å². The van der Waals surface area contributed by atoms with Gasteiger partial charge in [-0.25, -0.2) is 20.4 Å². The van der Waals surface area contributed by atoms with Gasteiger partial charge in [0.25, 0.3) is 0 Å². The molecule has 1 aliphatic carbocycles. The molecule has 1 fully saturated rings. The predicted molar refractivity (Wildman–Crippen MR) is 76.9 cm³/mol. The summed E-state index contributed by atoms with van der Waals surface area (Å²) in [6.07, 6.45) is 6.28. The highest BCUT2D eigenvalue weighted by Crippen LogP contribution is 2.32. The van der Waals surface area contributed by atoms with Crippen molar-refractivity contribution in [2.24, 2.45) is 5.73 Å². The molecule has 1 saturated carbocycles. The maximum absolute atomic E-state index is 8.35. The standard InChI is InChI=1S/C12H18N2.2CHNO/c13-11-5-1-9(2-6-11)10-3-7-12(14)8-4-10;2*2-1-3/h1-2,5-6,10,12H,3-4,7-8,13-14H2;2*2H. The SMILES string of the molecule is N=C=O.N=C=O.Nc1ccc(C2CCC(N)CC2)cc1. The Balaban J connectivity index is 0.000000520. The van der Waals surface area contributed by atoms with Crippen molar-refractivity contribution in [1.29, 1.82) is 10.8 Å². The van der Waals surface area contributed by atoms with Gasteiger partial charge < -0.3 is 11.5 Å². The molecule has 0 radical (unpaired) electrons. The van der Waals surface area contributed by atoms with Gasteiger partial charge in [0.15, 0.2) is 0 Å². The summed E-state index contributed by atoms with van der Waals surface area (Å²) < 4.78 is 0. The van der Waals surface area contributed by atoms with Gasteiger partial charge in [0.05, 0.1) is 0 Å². The Bertz CT molecular complexity index is 427. The first-order valence-corrected chi connectivity index (χ1v) is 6.27. The van der Waals surface area contributed by atoms with E-state index in [0.717, 1.165) is 30.7 Å². The normalized spacial score (nSPS) is 20.1. The summed E-state index contributed by atoms with van der Waals surface area (Å²) in [5.41, 5.74) is 13.8. The molecule has 0 saturated heterocycles. The number of nitrogens with two attached hydrogens (primary N) is 2. The molecule has 6 N–H and O–H groups in total. The summed E-state index contributed by atoms with van der Waals surface area (Å²) in [6.45, 7) is 0. The van der Waals surface area contributed by atoms with Crippen LogP contribution in [0.25, 0.3) is 0 Å². The van der Waals surface area contributed by atoms with Crippen LogP contribution in [0.3, 0.4) is 0 Å². The monoisotopic (exact) mass is 276 g/mol. The minimum atomic E-state index is 0.431. The molecule has 1 aromatic rings. The predicted octanol–water partition coefficient (Wildman–Crippen LogP) is 2.06. The summed E-state index contributed by atoms with van der Waals surface area (Å²) in [5.74, 6) is 0.704. The summed E-state index contributed by atoms with van der Waals surface area (Å²) >= 11 is 0. The quantitative estimate of drug-likeness (QED) is 0.354. The minimum Gasteiger partial charge on any atom is -0.399 e. The molecule has 6 heteroatoms. The molecule has 0 bridgehead atoms. The molecular formula is C14H20N4O2. The Hall–Kier alpha value is -2.26. The summed E-state index contributed by atoms with van der Waals surface area (Å²) in [5, 5.41) is 10.8. The molecule has 0 aromatic heterocycles. The van der Waals surface area contributed by atoms with Crippen LogP contribution in [0.1, 0.15) is 37.2 Å². The van der Waals surface area contributed by atoms with E-state index in [9.17, 15) is 0 Å². The van der Waals surface area contributed by atoms with Crippen molar-refractivity contribution in [3.05, 3.63) is 29.8 Å². The van der Waals surface area contributed by atoms with Gasteiger partial charge in [-0.2, -0.15) is 0 Å². The maximum atomic E-state index is 8.35. The van der Waals surface area contributed by atoms with Crippen molar-refractivity contribution in [3.8, 4) is 0 Å². The van der Waals surface area contributed by atoms with Gasteiger partial charge in [-0.15, -0.1) is 0 Å². The molecule has 20 heavy (non-hydrogen) atoms. The largest absolute Gasteiger partial charge is 0.399 e. The van der Waals surface area contributed by atoms with Crippen LogP contribution in [0.15, 0.2) is 24.3 Å². The molecule has 0 spiro atoms. The van der Waals surface area contributed by atoms with E-state index in [1.165, 1.54) is 18.4 Å². The Morgan fingerprint density at radius 3 is 1.75 bits per heavy atom. The van der Waals surface area contributed by atoms with E-state index in [4.69, 9.17) is 31.9 Å². The third kappa shape index (κ3) is 7.24. The number of nitrogens with one attached hydrogen (secondary N) is 2. The van der Waals surface area contributed by atoms with E-state index >= 15 is 0 Å². The lowest BCUT2D eigenvalue weighted by Gasteiger charge is -2.26. The summed E-state index contributed by atoms with van der Waals surface area (Å²) in [7, 11) is 0. The molecule has 1 aromatic carbocycles. The number of nitrogen functional groups attached to an aromatic ring is 1. The third-order valence-corrected chi connectivity index (χ3v) is 3.18. The van der Waals surface area contributed by atoms with Crippen molar-refractivity contribution in [2.75, 3.05) is 5.73 Å². The van der Waals surface area contributed by atoms with Crippen LogP contribution in [0.2, 0.25) is 0 Å². The van der Waals surface area contributed by atoms with E-state index in [-0.39, 0.29) is 0 Å². The topological polar surface area (TPSA) is 134 Å². The van der Waals surface area contributed by atoms with Crippen molar-refractivity contribution >= 4 is 17.8 Å². The smallest absolute Gasteiger partial charge is 0.231 e. The number of anilines is 1. The van der Waals surface area contributed by atoms with Crippen LogP contribution in [0, 0.1) is 10.8 Å². The second-order valence-corrected chi connectivity index (χ2v) is 4.48. The molecule has 0 atom stereocenters. The molecule has 1 aliphatic rings. The molecule has 2 rings (SSSR count). The van der Waals surface area contributed by atoms with Crippen molar-refractivity contribution in [1.82, 2.24) is 0 Å². The number of hydrogen-bond acceptors (Lipinski definition) is 6. The lowest BCUT2D eigenvalue weighted by atomic mass is 9.82. The lowest BCUT2D eigenvalue weighted by Crippen LogP contribution is -2.25. The fourth-order valence-corrected chi connectivity index (χ4v) is 2.22. The number of isocyanates is 2. The van der Waals surface area contributed by atoms with Crippen LogP contribution in [0.5, 0.6) is 0 Å². The Morgan fingerprint density at radius 2 is 1.35 bits per heavy atom. The van der Waals surface area contributed by atoms with Crippen molar-refractivity contribution in [3.63, 3.8) is 0 Å². The second-order valence-electron chi connectivity index (χ2n) is 4.48. The number of rotatable bonds is 1. The van der Waals surface area contributed by atoms with Crippen LogP contribution >= 0.6 is 0 Å². The first kappa shape index (κ1) is 17.7. The average Bonchev–Trinajstić information content (AvgIpc) is 2.42. The summed E-state index contributed by atoms with van der Waals surface area (Å²) in [6, 6.07) is 8.71. The Kier molecular flexibility index (Phi) is 9.44. The molecule has 108 valence electrons. The highest BCUT2D eigenvalue weighted by Gasteiger charge is 2.19. The number of carbonyl (C=O) groups excluding carboxylic acids is 2. The van der Waals surface area contributed by atoms with Crippen LogP contribution in [-0.4, -0.2) is 18.2 Å². The fourth-order valence-electron chi connectivity index (χ4n) is 2.22. The van der Waals surface area contributed by atoms with E-state index in [2.05, 4.69) is 12.1 Å². The maximum Gasteiger partial charge on any atom is 0.231 e. The van der Waals surface area contributed by atoms with Gasteiger partial charge in [-0.3, -0.25) is 0 Å². The van der Waals surface area contributed by atoms with Crippen LogP contribution in [0.4, 0.5) is 5.69 Å². The zero-order valence-corrected chi connectivity index (χ0v) is 11.3. The van der Waals surface area contributed by atoms with Gasteiger partial charge in [-0.05, 0) is 49.3 Å². The zero-order chi connectivity index (χ0) is 15.4. The molecule has 0 heterocycles. The zero-order valence-electron chi connectivity index (χ0n) is 11.3. The molecular weight excluding hydrogens is 256 g/mol. The Labute approximate surface area is 118 Å². The lowest BCUT2D eigenvalue weighted by molar-refractivity contribution is 0.395. The molecule has 0 aliphatic heterocycles. The number of benzene rings is 1. The minimum absolute atomic E-state index is 0.431. The fraction of sp³-hybridized carbons (Fsp3) is 0.429.